The fraction of sp³-hybridized carbons (Fsp3) is 0.125. The molecule has 0 radical (unpaired) electrons. The second-order valence-corrected chi connectivity index (χ2v) is 4.95. The molecular weight excluding hydrogens is 268 g/mol. The smallest absolute Gasteiger partial charge is 0.337 e. The van der Waals surface area contributed by atoms with Crippen LogP contribution < -0.4 is 10.6 Å². The average molecular weight is 282 g/mol. The van der Waals surface area contributed by atoms with Crippen molar-refractivity contribution < 1.29 is 14.7 Å². The number of anilines is 2. The van der Waals surface area contributed by atoms with Crippen LogP contribution in [0.5, 0.6) is 0 Å². The van der Waals surface area contributed by atoms with Gasteiger partial charge in [-0.1, -0.05) is 18.2 Å². The number of amides is 1. The summed E-state index contributed by atoms with van der Waals surface area (Å²) >= 11 is 0. The van der Waals surface area contributed by atoms with Crippen molar-refractivity contribution in [2.75, 3.05) is 17.2 Å². The number of carboxylic acid groups (broad SMARTS) is 1. The van der Waals surface area contributed by atoms with Gasteiger partial charge in [-0.05, 0) is 36.2 Å². The third-order valence-electron chi connectivity index (χ3n) is 3.64. The average Bonchev–Trinajstić information content (AvgIpc) is 2.47. The molecule has 3 N–H and O–H groups in total. The van der Waals surface area contributed by atoms with Crippen LogP contribution in [0.25, 0.3) is 0 Å². The van der Waals surface area contributed by atoms with Crippen LogP contribution in [0.15, 0.2) is 42.5 Å². The Bertz CT molecular complexity index is 740. The summed E-state index contributed by atoms with van der Waals surface area (Å²) in [6.07, 6.45) is 0.690. The Hall–Kier alpha value is -2.82. The van der Waals surface area contributed by atoms with Crippen LogP contribution in [0.3, 0.4) is 0 Å². The molecule has 0 aromatic heterocycles. The molecule has 1 aliphatic heterocycles. The number of carboxylic acids is 1. The molecule has 5 heteroatoms. The maximum absolute atomic E-state index is 12.6. The lowest BCUT2D eigenvalue weighted by Gasteiger charge is -2.29. The standard InChI is InChI=1S/C16H14N2O3/c17-11-5-6-13(16(20)21)14(9-11)18-8-7-10-3-1-2-4-12(10)15(18)19/h1-6,9H,7-8,17H2,(H,20,21). The van der Waals surface area contributed by atoms with Crippen molar-refractivity contribution in [3.63, 3.8) is 0 Å². The van der Waals surface area contributed by atoms with Crippen molar-refractivity contribution in [1.82, 2.24) is 0 Å². The highest BCUT2D eigenvalue weighted by Gasteiger charge is 2.28. The summed E-state index contributed by atoms with van der Waals surface area (Å²) in [7, 11) is 0. The number of benzene rings is 2. The van der Waals surface area contributed by atoms with Crippen LogP contribution in [-0.4, -0.2) is 23.5 Å². The monoisotopic (exact) mass is 282 g/mol. The number of nitrogen functional groups attached to an aromatic ring is 1. The molecule has 1 aliphatic rings. The molecule has 0 spiro atoms. The normalized spacial score (nSPS) is 13.9. The number of rotatable bonds is 2. The highest BCUT2D eigenvalue weighted by molar-refractivity contribution is 6.11. The second kappa shape index (κ2) is 4.94. The van der Waals surface area contributed by atoms with Crippen LogP contribution in [0.2, 0.25) is 0 Å². The van der Waals surface area contributed by atoms with E-state index in [0.717, 1.165) is 5.56 Å². The second-order valence-electron chi connectivity index (χ2n) is 4.95. The minimum atomic E-state index is -1.07. The van der Waals surface area contributed by atoms with Crippen molar-refractivity contribution >= 4 is 23.3 Å². The molecule has 1 heterocycles. The minimum Gasteiger partial charge on any atom is -0.478 e. The van der Waals surface area contributed by atoms with Gasteiger partial charge in [0.1, 0.15) is 0 Å². The van der Waals surface area contributed by atoms with E-state index in [9.17, 15) is 14.7 Å². The number of nitrogens with zero attached hydrogens (tertiary/aromatic N) is 1. The topological polar surface area (TPSA) is 83.6 Å². The zero-order chi connectivity index (χ0) is 15.0. The maximum atomic E-state index is 12.6. The Morgan fingerprint density at radius 2 is 1.95 bits per heavy atom. The van der Waals surface area contributed by atoms with Gasteiger partial charge in [0, 0.05) is 17.8 Å². The number of fused-ring (bicyclic) bond motifs is 1. The predicted molar refractivity (Wildman–Crippen MR) is 79.6 cm³/mol. The Balaban J connectivity index is 2.09. The predicted octanol–water partition coefficient (Wildman–Crippen LogP) is 2.17. The van der Waals surface area contributed by atoms with E-state index < -0.39 is 5.97 Å². The van der Waals surface area contributed by atoms with Crippen LogP contribution in [-0.2, 0) is 6.42 Å². The molecule has 0 saturated carbocycles. The van der Waals surface area contributed by atoms with E-state index in [1.165, 1.54) is 23.1 Å². The van der Waals surface area contributed by atoms with Gasteiger partial charge >= 0.3 is 5.97 Å². The number of hydrogen-bond donors (Lipinski definition) is 2. The summed E-state index contributed by atoms with van der Waals surface area (Å²) in [5.41, 5.74) is 8.20. The molecule has 2 aromatic rings. The number of nitrogens with two attached hydrogens (primary N) is 1. The molecule has 3 rings (SSSR count). The van der Waals surface area contributed by atoms with E-state index in [0.29, 0.717) is 29.9 Å². The zero-order valence-corrected chi connectivity index (χ0v) is 11.2. The summed E-state index contributed by atoms with van der Waals surface area (Å²) < 4.78 is 0. The Kier molecular flexibility index (Phi) is 3.10. The van der Waals surface area contributed by atoms with E-state index >= 15 is 0 Å². The highest BCUT2D eigenvalue weighted by atomic mass is 16.4. The first-order valence-electron chi connectivity index (χ1n) is 6.60. The van der Waals surface area contributed by atoms with Crippen LogP contribution in [0.4, 0.5) is 11.4 Å². The minimum absolute atomic E-state index is 0.0805. The molecule has 1 amide bonds. The molecule has 0 saturated heterocycles. The van der Waals surface area contributed by atoms with Gasteiger partial charge in [0.15, 0.2) is 0 Å². The van der Waals surface area contributed by atoms with E-state index in [1.807, 2.05) is 12.1 Å². The number of aromatic carboxylic acids is 1. The van der Waals surface area contributed by atoms with Crippen molar-refractivity contribution in [1.29, 1.82) is 0 Å². The van der Waals surface area contributed by atoms with Crippen molar-refractivity contribution in [3.8, 4) is 0 Å². The number of carbonyl (C=O) groups excluding carboxylic acids is 1. The molecule has 0 bridgehead atoms. The number of hydrogen-bond acceptors (Lipinski definition) is 3. The first-order valence-corrected chi connectivity index (χ1v) is 6.60. The molecule has 0 aliphatic carbocycles. The third-order valence-corrected chi connectivity index (χ3v) is 3.64. The Morgan fingerprint density at radius 1 is 1.19 bits per heavy atom. The van der Waals surface area contributed by atoms with Crippen LogP contribution in [0, 0.1) is 0 Å². The molecule has 5 nitrogen and oxygen atoms in total. The van der Waals surface area contributed by atoms with E-state index in [-0.39, 0.29) is 11.5 Å². The highest BCUT2D eigenvalue weighted by Crippen LogP contribution is 2.29. The summed E-state index contributed by atoms with van der Waals surface area (Å²) in [4.78, 5) is 25.4. The van der Waals surface area contributed by atoms with Crippen LogP contribution in [0.1, 0.15) is 26.3 Å². The summed E-state index contributed by atoms with van der Waals surface area (Å²) in [6.45, 7) is 0.444. The van der Waals surface area contributed by atoms with Crippen LogP contribution >= 0.6 is 0 Å². The fourth-order valence-electron chi connectivity index (χ4n) is 2.61. The van der Waals surface area contributed by atoms with Gasteiger partial charge in [-0.15, -0.1) is 0 Å². The molecule has 21 heavy (non-hydrogen) atoms. The molecular formula is C16H14N2O3. The van der Waals surface area contributed by atoms with E-state index in [1.54, 1.807) is 12.1 Å². The molecule has 0 atom stereocenters. The molecule has 106 valence electrons. The maximum Gasteiger partial charge on any atom is 0.337 e. The van der Waals surface area contributed by atoms with Gasteiger partial charge < -0.3 is 15.7 Å². The molecule has 0 unspecified atom stereocenters. The van der Waals surface area contributed by atoms with Gasteiger partial charge in [0.25, 0.3) is 5.91 Å². The van der Waals surface area contributed by atoms with Gasteiger partial charge in [0.05, 0.1) is 11.3 Å². The lowest BCUT2D eigenvalue weighted by atomic mass is 9.98. The Morgan fingerprint density at radius 3 is 2.71 bits per heavy atom. The van der Waals surface area contributed by atoms with Crippen molar-refractivity contribution in [2.24, 2.45) is 0 Å². The van der Waals surface area contributed by atoms with Crippen molar-refractivity contribution in [2.45, 2.75) is 6.42 Å². The van der Waals surface area contributed by atoms with E-state index in [2.05, 4.69) is 0 Å². The molecule has 0 fully saturated rings. The lowest BCUT2D eigenvalue weighted by molar-refractivity contribution is 0.0697. The van der Waals surface area contributed by atoms with Gasteiger partial charge in [-0.3, -0.25) is 4.79 Å². The number of carbonyl (C=O) groups is 2. The largest absolute Gasteiger partial charge is 0.478 e. The quantitative estimate of drug-likeness (QED) is 0.827. The van der Waals surface area contributed by atoms with E-state index in [4.69, 9.17) is 5.73 Å². The third kappa shape index (κ3) is 2.23. The molecule has 2 aromatic carbocycles. The first kappa shape index (κ1) is 13.2. The summed E-state index contributed by atoms with van der Waals surface area (Å²) in [6, 6.07) is 11.9. The van der Waals surface area contributed by atoms with Gasteiger partial charge in [-0.2, -0.15) is 0 Å². The van der Waals surface area contributed by atoms with Crippen molar-refractivity contribution in [3.05, 3.63) is 59.2 Å². The summed E-state index contributed by atoms with van der Waals surface area (Å²) in [5, 5.41) is 9.29. The Labute approximate surface area is 121 Å². The SMILES string of the molecule is Nc1ccc(C(=O)O)c(N2CCc3ccccc3C2=O)c1. The fourth-order valence-corrected chi connectivity index (χ4v) is 2.61. The van der Waals surface area contributed by atoms with Gasteiger partial charge in [-0.25, -0.2) is 4.79 Å². The lowest BCUT2D eigenvalue weighted by Crippen LogP contribution is -2.38. The summed E-state index contributed by atoms with van der Waals surface area (Å²) in [5.74, 6) is -1.26. The first-order chi connectivity index (χ1) is 10.1. The van der Waals surface area contributed by atoms with Gasteiger partial charge in [0.2, 0.25) is 0 Å². The zero-order valence-electron chi connectivity index (χ0n) is 11.2.